The second-order valence-corrected chi connectivity index (χ2v) is 9.03. The Kier molecular flexibility index (Phi) is 6.24. The van der Waals surface area contributed by atoms with Gasteiger partial charge in [0.2, 0.25) is 11.8 Å². The predicted molar refractivity (Wildman–Crippen MR) is 113 cm³/mol. The van der Waals surface area contributed by atoms with Crippen molar-refractivity contribution in [3.05, 3.63) is 59.7 Å². The highest BCUT2D eigenvalue weighted by Gasteiger charge is 2.34. The summed E-state index contributed by atoms with van der Waals surface area (Å²) in [6.45, 7) is 2.45. The highest BCUT2D eigenvalue weighted by Crippen LogP contribution is 2.40. The molecule has 164 valence electrons. The molecule has 2 aliphatic heterocycles. The van der Waals surface area contributed by atoms with E-state index < -0.39 is 22.9 Å². The molecule has 0 saturated carbocycles. The highest BCUT2D eigenvalue weighted by molar-refractivity contribution is 8.01. The first-order valence-corrected chi connectivity index (χ1v) is 10.9. The summed E-state index contributed by atoms with van der Waals surface area (Å²) >= 11 is 1.12. The zero-order valence-corrected chi connectivity index (χ0v) is 17.4. The van der Waals surface area contributed by atoms with Crippen LogP contribution in [0.1, 0.15) is 24.0 Å². The van der Waals surface area contributed by atoms with E-state index in [2.05, 4.69) is 27.7 Å². The Labute approximate surface area is 182 Å². The minimum Gasteiger partial charge on any atom is -0.352 e. The number of carbonyl (C=O) groups is 2. The van der Waals surface area contributed by atoms with Gasteiger partial charge in [0.1, 0.15) is 0 Å². The lowest BCUT2D eigenvalue weighted by Crippen LogP contribution is -2.40. The fourth-order valence-corrected chi connectivity index (χ4v) is 4.94. The van der Waals surface area contributed by atoms with Gasteiger partial charge < -0.3 is 10.6 Å². The fraction of sp³-hybridized carbons (Fsp3) is 0.364. The largest absolute Gasteiger partial charge is 0.416 e. The number of alkyl halides is 3. The Morgan fingerprint density at radius 2 is 1.97 bits per heavy atom. The highest BCUT2D eigenvalue weighted by atomic mass is 32.2. The van der Waals surface area contributed by atoms with Crippen molar-refractivity contribution in [3.63, 3.8) is 0 Å². The molecule has 0 aromatic heterocycles. The van der Waals surface area contributed by atoms with Crippen molar-refractivity contribution in [1.29, 1.82) is 0 Å². The normalized spacial score (nSPS) is 21.5. The molecule has 2 heterocycles. The maximum Gasteiger partial charge on any atom is 0.416 e. The molecule has 0 bridgehead atoms. The van der Waals surface area contributed by atoms with Crippen molar-refractivity contribution >= 4 is 29.3 Å². The number of fused-ring (bicyclic) bond motifs is 1. The number of rotatable bonds is 5. The first kappa shape index (κ1) is 21.7. The van der Waals surface area contributed by atoms with E-state index in [1.807, 2.05) is 18.2 Å². The number of halogens is 3. The van der Waals surface area contributed by atoms with Crippen molar-refractivity contribution in [2.45, 2.75) is 41.7 Å². The van der Waals surface area contributed by atoms with E-state index in [0.29, 0.717) is 4.90 Å². The summed E-state index contributed by atoms with van der Waals surface area (Å²) in [6, 6.07) is 13.4. The molecule has 31 heavy (non-hydrogen) atoms. The van der Waals surface area contributed by atoms with Crippen molar-refractivity contribution in [1.82, 2.24) is 10.2 Å². The first-order chi connectivity index (χ1) is 14.8. The zero-order valence-electron chi connectivity index (χ0n) is 16.6. The second-order valence-electron chi connectivity index (χ2n) is 7.78. The Hall–Kier alpha value is -2.52. The van der Waals surface area contributed by atoms with E-state index in [1.54, 1.807) is 0 Å². The molecule has 4 rings (SSSR count). The van der Waals surface area contributed by atoms with Crippen LogP contribution >= 0.6 is 11.8 Å². The van der Waals surface area contributed by atoms with Crippen LogP contribution < -0.4 is 10.6 Å². The van der Waals surface area contributed by atoms with E-state index in [1.165, 1.54) is 11.6 Å². The average molecular weight is 449 g/mol. The minimum atomic E-state index is -4.48. The van der Waals surface area contributed by atoms with Gasteiger partial charge in [-0.1, -0.05) is 30.3 Å². The molecule has 2 aromatic rings. The Bertz CT molecular complexity index is 968. The second kappa shape index (κ2) is 8.92. The molecule has 1 fully saturated rings. The summed E-state index contributed by atoms with van der Waals surface area (Å²) in [5.74, 6) is -0.682. The van der Waals surface area contributed by atoms with Gasteiger partial charge in [0.15, 0.2) is 0 Å². The molecule has 2 amide bonds. The number of nitrogens with one attached hydrogen (secondary N) is 2. The van der Waals surface area contributed by atoms with Gasteiger partial charge in [-0.3, -0.25) is 14.5 Å². The van der Waals surface area contributed by atoms with E-state index in [-0.39, 0.29) is 24.1 Å². The number of benzene rings is 2. The van der Waals surface area contributed by atoms with Crippen molar-refractivity contribution in [2.24, 2.45) is 0 Å². The molecule has 2 unspecified atom stereocenters. The molecule has 0 radical (unpaired) electrons. The number of likely N-dealkylation sites (tertiary alicyclic amines) is 1. The number of hydrogen-bond donors (Lipinski definition) is 2. The van der Waals surface area contributed by atoms with Gasteiger partial charge in [0.05, 0.1) is 16.5 Å². The average Bonchev–Trinajstić information content (AvgIpc) is 3.14. The molecular formula is C22H22F3N3O2S. The maximum absolute atomic E-state index is 12.9. The number of thioether (sulfide) groups is 1. The molecule has 1 saturated heterocycles. The summed E-state index contributed by atoms with van der Waals surface area (Å²) in [5.41, 5.74) is 0.538. The third-order valence-electron chi connectivity index (χ3n) is 5.38. The van der Waals surface area contributed by atoms with Crippen molar-refractivity contribution < 1.29 is 22.8 Å². The van der Waals surface area contributed by atoms with Crippen LogP contribution in [-0.2, 0) is 22.3 Å². The van der Waals surface area contributed by atoms with Gasteiger partial charge in [-0.05, 0) is 30.2 Å². The predicted octanol–water partition coefficient (Wildman–Crippen LogP) is 3.90. The van der Waals surface area contributed by atoms with E-state index in [0.717, 1.165) is 49.9 Å². The summed E-state index contributed by atoms with van der Waals surface area (Å²) in [5, 5.41) is 4.83. The van der Waals surface area contributed by atoms with Crippen LogP contribution in [0.5, 0.6) is 0 Å². The quantitative estimate of drug-likeness (QED) is 0.727. The topological polar surface area (TPSA) is 61.4 Å². The molecule has 9 heteroatoms. The van der Waals surface area contributed by atoms with E-state index in [9.17, 15) is 22.8 Å². The van der Waals surface area contributed by atoms with Gasteiger partial charge in [-0.2, -0.15) is 13.2 Å². The van der Waals surface area contributed by atoms with Crippen LogP contribution in [0, 0.1) is 0 Å². The third-order valence-corrected chi connectivity index (χ3v) is 6.66. The lowest BCUT2D eigenvalue weighted by molar-refractivity contribution is -0.137. The van der Waals surface area contributed by atoms with Crippen LogP contribution in [0.2, 0.25) is 0 Å². The zero-order chi connectivity index (χ0) is 22.0. The molecule has 0 aliphatic carbocycles. The number of carbonyl (C=O) groups excluding carboxylic acids is 2. The number of amides is 2. The summed E-state index contributed by atoms with van der Waals surface area (Å²) in [7, 11) is 0. The third kappa shape index (κ3) is 5.40. The SMILES string of the molecule is O=C(CC1Sc2ccc(C(F)(F)F)cc2NC1=O)NC1CCN(Cc2ccccc2)C1. The Morgan fingerprint density at radius 3 is 2.71 bits per heavy atom. The van der Waals surface area contributed by atoms with E-state index >= 15 is 0 Å². The fourth-order valence-electron chi connectivity index (χ4n) is 3.85. The number of nitrogens with zero attached hydrogens (tertiary/aromatic N) is 1. The molecule has 2 aromatic carbocycles. The van der Waals surface area contributed by atoms with Crippen LogP contribution in [-0.4, -0.2) is 41.1 Å². The monoisotopic (exact) mass is 449 g/mol. The van der Waals surface area contributed by atoms with Crippen molar-refractivity contribution in [2.75, 3.05) is 18.4 Å². The summed E-state index contributed by atoms with van der Waals surface area (Å²) in [6.07, 6.45) is -3.66. The minimum absolute atomic E-state index is 0.0217. The number of hydrogen-bond acceptors (Lipinski definition) is 4. The lowest BCUT2D eigenvalue weighted by Gasteiger charge is -2.25. The summed E-state index contributed by atoms with van der Waals surface area (Å²) < 4.78 is 38.6. The van der Waals surface area contributed by atoms with Gasteiger partial charge >= 0.3 is 6.18 Å². The molecule has 5 nitrogen and oxygen atoms in total. The molecule has 2 N–H and O–H groups in total. The molecule has 2 atom stereocenters. The maximum atomic E-state index is 12.9. The van der Waals surface area contributed by atoms with Crippen molar-refractivity contribution in [3.8, 4) is 0 Å². The molecule has 2 aliphatic rings. The standard InChI is InChI=1S/C22H22F3N3O2S/c23-22(24,25)15-6-7-18-17(10-15)27-21(30)19(31-18)11-20(29)26-16-8-9-28(13-16)12-14-4-2-1-3-5-14/h1-7,10,16,19H,8-9,11-13H2,(H,26,29)(H,27,30). The lowest BCUT2D eigenvalue weighted by atomic mass is 10.1. The van der Waals surface area contributed by atoms with Gasteiger partial charge in [-0.25, -0.2) is 0 Å². The summed E-state index contributed by atoms with van der Waals surface area (Å²) in [4.78, 5) is 27.7. The van der Waals surface area contributed by atoms with Crippen LogP contribution in [0.15, 0.2) is 53.4 Å². The van der Waals surface area contributed by atoms with Crippen LogP contribution in [0.4, 0.5) is 18.9 Å². The Morgan fingerprint density at radius 1 is 1.19 bits per heavy atom. The molecule has 0 spiro atoms. The first-order valence-electron chi connectivity index (χ1n) is 10.0. The number of anilines is 1. The van der Waals surface area contributed by atoms with E-state index in [4.69, 9.17) is 0 Å². The molecular weight excluding hydrogens is 427 g/mol. The van der Waals surface area contributed by atoms with Gasteiger partial charge in [0.25, 0.3) is 0 Å². The smallest absolute Gasteiger partial charge is 0.352 e. The Balaban J connectivity index is 1.30. The van der Waals surface area contributed by atoms with Crippen LogP contribution in [0.3, 0.4) is 0 Å². The van der Waals surface area contributed by atoms with Gasteiger partial charge in [0, 0.05) is 37.0 Å². The van der Waals surface area contributed by atoms with Gasteiger partial charge in [-0.15, -0.1) is 11.8 Å². The van der Waals surface area contributed by atoms with Crippen LogP contribution in [0.25, 0.3) is 0 Å².